The summed E-state index contributed by atoms with van der Waals surface area (Å²) in [6.45, 7) is 39.0. The molecule has 1 aromatic carbocycles. The zero-order valence-electron chi connectivity index (χ0n) is 24.0. The lowest BCUT2D eigenvalue weighted by Crippen LogP contribution is -2.37. The third kappa shape index (κ3) is 9.05. The maximum atomic E-state index is 4.51. The van der Waals surface area contributed by atoms with Gasteiger partial charge in [-0.1, -0.05) is 78.3 Å². The van der Waals surface area contributed by atoms with Crippen LogP contribution in [0.3, 0.4) is 0 Å². The average molecular weight is 476 g/mol. The minimum absolute atomic E-state index is 0.0886. The molecular formula is C32H49N3. The van der Waals surface area contributed by atoms with Gasteiger partial charge in [0.2, 0.25) is 0 Å². The molecule has 0 heterocycles. The Kier molecular flexibility index (Phi) is 11.0. The van der Waals surface area contributed by atoms with Gasteiger partial charge in [-0.3, -0.25) is 0 Å². The molecule has 1 N–H and O–H groups in total. The molecule has 3 nitrogen and oxygen atoms in total. The van der Waals surface area contributed by atoms with Crippen molar-refractivity contribution in [1.29, 1.82) is 0 Å². The van der Waals surface area contributed by atoms with Crippen LogP contribution >= 0.6 is 0 Å². The molecule has 35 heavy (non-hydrogen) atoms. The van der Waals surface area contributed by atoms with Crippen LogP contribution in [-0.2, 0) is 13.0 Å². The van der Waals surface area contributed by atoms with E-state index in [0.29, 0.717) is 0 Å². The first-order valence-electron chi connectivity index (χ1n) is 12.6. The molecule has 1 unspecified atom stereocenters. The predicted octanol–water partition coefficient (Wildman–Crippen LogP) is 8.38. The lowest BCUT2D eigenvalue weighted by atomic mass is 9.83. The Balaban J connectivity index is 2.97. The molecule has 0 spiro atoms. The van der Waals surface area contributed by atoms with Gasteiger partial charge in [-0.05, 0) is 85.8 Å². The molecule has 0 bridgehead atoms. The highest BCUT2D eigenvalue weighted by Crippen LogP contribution is 2.33. The van der Waals surface area contributed by atoms with Gasteiger partial charge in [0.25, 0.3) is 0 Å². The van der Waals surface area contributed by atoms with E-state index in [4.69, 9.17) is 0 Å². The summed E-state index contributed by atoms with van der Waals surface area (Å²) >= 11 is 0. The van der Waals surface area contributed by atoms with Gasteiger partial charge in [0.05, 0.1) is 6.04 Å². The highest BCUT2D eigenvalue weighted by Gasteiger charge is 2.20. The molecule has 192 valence electrons. The quantitative estimate of drug-likeness (QED) is 0.142. The molecule has 0 aromatic heterocycles. The summed E-state index contributed by atoms with van der Waals surface area (Å²) in [7, 11) is 2.04. The second-order valence-corrected chi connectivity index (χ2v) is 11.1. The Hall–Kier alpha value is -2.81. The number of rotatable bonds is 12. The van der Waals surface area contributed by atoms with Crippen LogP contribution in [0.1, 0.15) is 83.6 Å². The molecule has 1 rings (SSSR count). The smallest absolute Gasteiger partial charge is 0.101 e. The molecule has 0 saturated heterocycles. The maximum Gasteiger partial charge on any atom is 0.101 e. The molecule has 0 aliphatic rings. The molecule has 3 heteroatoms. The van der Waals surface area contributed by atoms with Crippen molar-refractivity contribution in [3.63, 3.8) is 0 Å². The van der Waals surface area contributed by atoms with Crippen LogP contribution in [0.25, 0.3) is 5.57 Å². The molecule has 0 fully saturated rings. The number of allylic oxidation sites excluding steroid dienone is 3. The summed E-state index contributed by atoms with van der Waals surface area (Å²) in [6, 6.07) is 4.55. The number of aliphatic imine (C=N–C) groups is 1. The normalized spacial score (nSPS) is 12.7. The Morgan fingerprint density at radius 1 is 1.06 bits per heavy atom. The standard InChI is InChI=1S/C32H49N3/c1-15-29-25(8)30(24(7)19-32(11,12)13)17-16-28(29)20-33-26(9)23(6)18-31(21(2)3)35(14)27(10)34-22(4)5/h16-17,31,33H,2,4,6-7,9,15,18-20H2,1,3,5,8,10-14H3. The fourth-order valence-corrected chi connectivity index (χ4v) is 4.50. The van der Waals surface area contributed by atoms with Crippen molar-refractivity contribution in [3.05, 3.63) is 89.8 Å². The zero-order chi connectivity index (χ0) is 27.1. The van der Waals surface area contributed by atoms with E-state index in [-0.39, 0.29) is 11.5 Å². The first-order valence-corrected chi connectivity index (χ1v) is 12.6. The molecule has 0 radical (unpaired) electrons. The van der Waals surface area contributed by atoms with Crippen LogP contribution in [-0.4, -0.2) is 23.8 Å². The van der Waals surface area contributed by atoms with Crippen LogP contribution in [0.4, 0.5) is 0 Å². The van der Waals surface area contributed by atoms with E-state index in [1.807, 2.05) is 27.8 Å². The van der Waals surface area contributed by atoms with Gasteiger partial charge >= 0.3 is 0 Å². The number of benzene rings is 1. The fourth-order valence-electron chi connectivity index (χ4n) is 4.50. The van der Waals surface area contributed by atoms with Crippen LogP contribution in [0, 0.1) is 12.3 Å². The monoisotopic (exact) mass is 475 g/mol. The SMILES string of the molecule is C=C(C)N=C(C)N(C)C(CC(=C)C(=C)NCc1ccc(C(=C)CC(C)(C)C)c(C)c1CC)C(=C)C. The zero-order valence-corrected chi connectivity index (χ0v) is 24.0. The number of hydrogen-bond donors (Lipinski definition) is 1. The van der Waals surface area contributed by atoms with E-state index in [2.05, 4.69) is 94.9 Å². The Bertz CT molecular complexity index is 1010. The van der Waals surface area contributed by atoms with Gasteiger partial charge in [-0.25, -0.2) is 4.99 Å². The van der Waals surface area contributed by atoms with Gasteiger partial charge in [0, 0.05) is 25.0 Å². The average Bonchev–Trinajstić information content (AvgIpc) is 2.72. The second-order valence-electron chi connectivity index (χ2n) is 11.1. The molecular weight excluding hydrogens is 426 g/mol. The van der Waals surface area contributed by atoms with Crippen molar-refractivity contribution in [2.75, 3.05) is 7.05 Å². The first kappa shape index (κ1) is 30.2. The number of likely N-dealkylation sites (N-methyl/N-ethyl adjacent to an activating group) is 1. The van der Waals surface area contributed by atoms with Crippen molar-refractivity contribution in [3.8, 4) is 0 Å². The van der Waals surface area contributed by atoms with Gasteiger partial charge in [0.1, 0.15) is 5.84 Å². The summed E-state index contributed by atoms with van der Waals surface area (Å²) in [5, 5.41) is 3.52. The van der Waals surface area contributed by atoms with Crippen LogP contribution < -0.4 is 5.32 Å². The molecule has 0 amide bonds. The van der Waals surface area contributed by atoms with E-state index in [9.17, 15) is 0 Å². The van der Waals surface area contributed by atoms with E-state index < -0.39 is 0 Å². The maximum absolute atomic E-state index is 4.51. The second kappa shape index (κ2) is 12.8. The number of hydrogen-bond acceptors (Lipinski definition) is 2. The topological polar surface area (TPSA) is 27.6 Å². The third-order valence-electron chi connectivity index (χ3n) is 6.43. The molecule has 0 aliphatic heterocycles. The third-order valence-corrected chi connectivity index (χ3v) is 6.43. The van der Waals surface area contributed by atoms with Gasteiger partial charge < -0.3 is 10.2 Å². The Morgan fingerprint density at radius 2 is 1.66 bits per heavy atom. The fraction of sp³-hybridized carbons (Fsp3) is 0.469. The van der Waals surface area contributed by atoms with Gasteiger partial charge in [-0.2, -0.15) is 0 Å². The molecule has 1 atom stereocenters. The summed E-state index contributed by atoms with van der Waals surface area (Å²) in [6.07, 6.45) is 2.70. The minimum Gasteiger partial charge on any atom is -0.381 e. The van der Waals surface area contributed by atoms with E-state index >= 15 is 0 Å². The molecule has 0 saturated carbocycles. The van der Waals surface area contributed by atoms with Crippen LogP contribution in [0.5, 0.6) is 0 Å². The molecule has 1 aromatic rings. The van der Waals surface area contributed by atoms with Gasteiger partial charge in [0.15, 0.2) is 0 Å². The summed E-state index contributed by atoms with van der Waals surface area (Å²) in [4.78, 5) is 6.64. The number of nitrogens with zero attached hydrogens (tertiary/aromatic N) is 2. The number of nitrogens with one attached hydrogen (secondary N) is 1. The summed E-state index contributed by atoms with van der Waals surface area (Å²) in [5.74, 6) is 0.910. The van der Waals surface area contributed by atoms with Crippen molar-refractivity contribution >= 4 is 11.4 Å². The van der Waals surface area contributed by atoms with Gasteiger partial charge in [-0.15, -0.1) is 0 Å². The lowest BCUT2D eigenvalue weighted by Gasteiger charge is -2.31. The van der Waals surface area contributed by atoms with E-state index in [0.717, 1.165) is 54.2 Å². The largest absolute Gasteiger partial charge is 0.381 e. The minimum atomic E-state index is 0.0886. The van der Waals surface area contributed by atoms with E-state index in [1.54, 1.807) is 0 Å². The Morgan fingerprint density at radius 3 is 2.14 bits per heavy atom. The lowest BCUT2D eigenvalue weighted by molar-refractivity contribution is 0.404. The summed E-state index contributed by atoms with van der Waals surface area (Å²) < 4.78 is 0. The van der Waals surface area contributed by atoms with Crippen LogP contribution in [0.2, 0.25) is 0 Å². The van der Waals surface area contributed by atoms with Crippen LogP contribution in [0.15, 0.2) is 72.6 Å². The highest BCUT2D eigenvalue weighted by atomic mass is 15.2. The first-order chi connectivity index (χ1) is 16.1. The Labute approximate surface area is 216 Å². The summed E-state index contributed by atoms with van der Waals surface area (Å²) in [5.41, 5.74) is 10.4. The van der Waals surface area contributed by atoms with Crippen molar-refractivity contribution in [2.45, 2.75) is 87.2 Å². The highest BCUT2D eigenvalue weighted by molar-refractivity contribution is 5.81. The molecule has 0 aliphatic carbocycles. The predicted molar refractivity (Wildman–Crippen MR) is 158 cm³/mol. The van der Waals surface area contributed by atoms with Crippen molar-refractivity contribution in [2.24, 2.45) is 10.4 Å². The van der Waals surface area contributed by atoms with Crippen molar-refractivity contribution in [1.82, 2.24) is 10.2 Å². The van der Waals surface area contributed by atoms with Crippen molar-refractivity contribution < 1.29 is 0 Å². The van der Waals surface area contributed by atoms with E-state index in [1.165, 1.54) is 27.8 Å². The number of amidine groups is 1.